The smallest absolute Gasteiger partial charge is 0.248 e. The van der Waals surface area contributed by atoms with Crippen molar-refractivity contribution in [2.75, 3.05) is 19.7 Å². The van der Waals surface area contributed by atoms with Gasteiger partial charge >= 0.3 is 0 Å². The lowest BCUT2D eigenvalue weighted by Gasteiger charge is -2.32. The maximum absolute atomic E-state index is 14.2. The topological polar surface area (TPSA) is 392 Å². The van der Waals surface area contributed by atoms with Crippen LogP contribution in [0.1, 0.15) is 78.2 Å². The van der Waals surface area contributed by atoms with Crippen molar-refractivity contribution >= 4 is 59.1 Å². The van der Waals surface area contributed by atoms with E-state index in [0.717, 1.165) is 4.90 Å². The number of carbonyl (C=O) groups is 9. The van der Waals surface area contributed by atoms with Gasteiger partial charge in [-0.25, -0.2) is 0 Å². The van der Waals surface area contributed by atoms with Crippen molar-refractivity contribution in [1.29, 1.82) is 0 Å². The monoisotopic (exact) mass is 930 g/mol. The van der Waals surface area contributed by atoms with Crippen LogP contribution in [-0.4, -0.2) is 160 Å². The van der Waals surface area contributed by atoms with Gasteiger partial charge in [0.1, 0.15) is 48.3 Å². The van der Waals surface area contributed by atoms with Gasteiger partial charge in [-0.05, 0) is 63.9 Å². The maximum atomic E-state index is 14.2. The minimum absolute atomic E-state index is 0.0143. The lowest BCUT2D eigenvalue weighted by Crippen LogP contribution is -2.63. The molecule has 0 spiro atoms. The Morgan fingerprint density at radius 1 is 0.758 bits per heavy atom. The molecule has 0 radical (unpaired) electrons. The Bertz CT molecular complexity index is 1910. The number of rotatable bonds is 25. The first kappa shape index (κ1) is 53.9. The van der Waals surface area contributed by atoms with E-state index in [9.17, 15) is 58.5 Å². The summed E-state index contributed by atoms with van der Waals surface area (Å²) in [6.45, 7) is 5.26. The van der Waals surface area contributed by atoms with E-state index < -0.39 is 114 Å². The number of aliphatic hydroxyl groups is 3. The molecule has 2 aliphatic heterocycles. The Hall–Kier alpha value is -6.40. The number of nitrogens with zero attached hydrogens (tertiary/aromatic N) is 2. The predicted octanol–water partition coefficient (Wildman–Crippen LogP) is -5.25. The first-order chi connectivity index (χ1) is 31.1. The molecule has 0 bridgehead atoms. The average molecular weight is 931 g/mol. The molecule has 2 fully saturated rings. The number of carbonyl (C=O) groups excluding carboxylic acids is 9. The van der Waals surface area contributed by atoms with Crippen LogP contribution < -0.4 is 54.4 Å². The van der Waals surface area contributed by atoms with Gasteiger partial charge in [-0.1, -0.05) is 44.2 Å². The average Bonchev–Trinajstić information content (AvgIpc) is 3.93. The van der Waals surface area contributed by atoms with Gasteiger partial charge in [0, 0.05) is 25.9 Å². The van der Waals surface area contributed by atoms with Crippen LogP contribution in [0.2, 0.25) is 0 Å². The lowest BCUT2D eigenvalue weighted by molar-refractivity contribution is -0.144. The highest BCUT2D eigenvalue weighted by molar-refractivity contribution is 5.99. The van der Waals surface area contributed by atoms with Gasteiger partial charge in [0.25, 0.3) is 0 Å². The molecule has 0 aliphatic carbocycles. The molecular formula is C42H66N12O12. The Balaban J connectivity index is 1.80. The second-order valence-corrected chi connectivity index (χ2v) is 16.9. The summed E-state index contributed by atoms with van der Waals surface area (Å²) in [5.41, 5.74) is 16.9. The van der Waals surface area contributed by atoms with Gasteiger partial charge < -0.3 is 74.6 Å². The molecule has 366 valence electrons. The molecule has 0 aromatic heterocycles. The largest absolute Gasteiger partial charge is 0.394 e. The van der Waals surface area contributed by atoms with Crippen LogP contribution in [0.25, 0.3) is 0 Å². The molecule has 10 atom stereocenters. The molecule has 10 unspecified atom stereocenters. The van der Waals surface area contributed by atoms with Crippen molar-refractivity contribution in [2.45, 2.75) is 140 Å². The van der Waals surface area contributed by atoms with E-state index in [1.165, 1.54) is 13.8 Å². The van der Waals surface area contributed by atoms with E-state index in [1.54, 1.807) is 30.3 Å². The van der Waals surface area contributed by atoms with Crippen molar-refractivity contribution in [2.24, 2.45) is 28.1 Å². The number of hydrogen-bond acceptors (Lipinski definition) is 13. The second kappa shape index (κ2) is 25.9. The zero-order valence-electron chi connectivity index (χ0n) is 37.7. The number of primary amides is 1. The molecule has 66 heavy (non-hydrogen) atoms. The molecule has 2 saturated heterocycles. The highest BCUT2D eigenvalue weighted by Crippen LogP contribution is 2.21. The fraction of sp³-hybridized carbons (Fsp3) is 0.619. The Labute approximate surface area is 382 Å². The Morgan fingerprint density at radius 2 is 1.36 bits per heavy atom. The number of nitrogens with two attached hydrogens (primary N) is 3. The van der Waals surface area contributed by atoms with Gasteiger partial charge in [0.2, 0.25) is 53.2 Å². The Kier molecular flexibility index (Phi) is 21.2. The first-order valence-corrected chi connectivity index (χ1v) is 21.9. The summed E-state index contributed by atoms with van der Waals surface area (Å²) in [5, 5.41) is 48.6. The van der Waals surface area contributed by atoms with Crippen molar-refractivity contribution in [1.82, 2.24) is 42.1 Å². The van der Waals surface area contributed by atoms with Gasteiger partial charge in [-0.15, -0.1) is 0 Å². The number of aliphatic hydroxyl groups excluding tert-OH is 3. The summed E-state index contributed by atoms with van der Waals surface area (Å²) in [6.07, 6.45) is -1.99. The second-order valence-electron chi connectivity index (χ2n) is 16.9. The van der Waals surface area contributed by atoms with Crippen LogP contribution >= 0.6 is 0 Å². The van der Waals surface area contributed by atoms with Crippen LogP contribution in [-0.2, 0) is 49.6 Å². The van der Waals surface area contributed by atoms with Gasteiger partial charge in [0.15, 0.2) is 5.96 Å². The summed E-state index contributed by atoms with van der Waals surface area (Å²) in [4.78, 5) is 124. The van der Waals surface area contributed by atoms with Crippen LogP contribution in [0.5, 0.6) is 0 Å². The number of amides is 9. The van der Waals surface area contributed by atoms with Crippen LogP contribution in [0.15, 0.2) is 35.3 Å². The van der Waals surface area contributed by atoms with Gasteiger partial charge in [-0.2, -0.15) is 0 Å². The molecule has 16 N–H and O–H groups in total. The molecule has 3 rings (SSSR count). The third-order valence-corrected chi connectivity index (χ3v) is 10.9. The summed E-state index contributed by atoms with van der Waals surface area (Å²) in [6, 6.07) is -2.49. The molecule has 2 heterocycles. The molecule has 9 amide bonds. The zero-order chi connectivity index (χ0) is 49.2. The summed E-state index contributed by atoms with van der Waals surface area (Å²) in [7, 11) is 0. The van der Waals surface area contributed by atoms with E-state index in [1.807, 2.05) is 13.8 Å². The number of aliphatic imine (C=N–C) groups is 1. The van der Waals surface area contributed by atoms with E-state index in [0.29, 0.717) is 12.0 Å². The molecular weight excluding hydrogens is 865 g/mol. The van der Waals surface area contributed by atoms with Crippen molar-refractivity contribution in [3.05, 3.63) is 35.9 Å². The molecule has 1 aromatic carbocycles. The molecule has 24 nitrogen and oxygen atoms in total. The van der Waals surface area contributed by atoms with Gasteiger partial charge in [0.05, 0.1) is 18.8 Å². The maximum Gasteiger partial charge on any atom is 0.248 e. The number of guanidine groups is 1. The van der Waals surface area contributed by atoms with Crippen LogP contribution in [0.3, 0.4) is 0 Å². The minimum atomic E-state index is -1.72. The quantitative estimate of drug-likeness (QED) is 0.0248. The minimum Gasteiger partial charge on any atom is -0.394 e. The van der Waals surface area contributed by atoms with E-state index in [-0.39, 0.29) is 75.8 Å². The molecule has 0 saturated carbocycles. The van der Waals surface area contributed by atoms with E-state index in [4.69, 9.17) is 17.2 Å². The summed E-state index contributed by atoms with van der Waals surface area (Å²) in [5.74, 6) is -7.48. The number of benzene rings is 1. The van der Waals surface area contributed by atoms with Crippen LogP contribution in [0.4, 0.5) is 0 Å². The van der Waals surface area contributed by atoms with Crippen molar-refractivity contribution in [3.8, 4) is 0 Å². The number of likely N-dealkylation sites (tertiary alicyclic amines) is 1. The molecule has 2 aliphatic rings. The highest BCUT2D eigenvalue weighted by Gasteiger charge is 2.42. The Morgan fingerprint density at radius 3 is 1.92 bits per heavy atom. The van der Waals surface area contributed by atoms with E-state index >= 15 is 0 Å². The summed E-state index contributed by atoms with van der Waals surface area (Å²) < 4.78 is 0. The normalized spacial score (nSPS) is 19.3. The van der Waals surface area contributed by atoms with E-state index in [2.05, 4.69) is 42.2 Å². The standard InChI is InChI=1S/C42H66N12O12/c1-21(2)18-27(34(43)59)49-35(60)25(12-8-16-46-42(44)45)48-39(64)30-13-9-17-54(30)41(66)33(23(4)57)53-37(62)28(19-24-10-6-5-7-11-24)50-38(63)29(20-55)51-40(65)32(22(3)56)52-36(61)26-14-15-31(58)47-26/h5-7,10-11,21-23,25-30,32-33,55-57H,8-9,12-20H2,1-4H3,(H2,43,59)(H,47,58)(H,48,64)(H,49,60)(H,50,63)(H,51,65)(H,52,61)(H,53,62)(H4,44,45,46). The number of nitrogens with one attached hydrogen (secondary N) is 7. The van der Waals surface area contributed by atoms with Gasteiger partial charge in [-0.3, -0.25) is 48.1 Å². The lowest BCUT2D eigenvalue weighted by atomic mass is 10.0. The first-order valence-electron chi connectivity index (χ1n) is 21.9. The van der Waals surface area contributed by atoms with Crippen LogP contribution in [0, 0.1) is 5.92 Å². The predicted molar refractivity (Wildman–Crippen MR) is 237 cm³/mol. The zero-order valence-corrected chi connectivity index (χ0v) is 37.7. The third kappa shape index (κ3) is 16.5. The molecule has 24 heteroatoms. The van der Waals surface area contributed by atoms with Crippen molar-refractivity contribution < 1.29 is 58.5 Å². The molecule has 1 aromatic rings. The fourth-order valence-electron chi connectivity index (χ4n) is 7.41. The SMILES string of the molecule is CC(C)CC(NC(=O)C(CCCN=C(N)N)NC(=O)C1CCCN1C(=O)C(NC(=O)C(Cc1ccccc1)NC(=O)C(CO)NC(=O)C(NC(=O)C1CCC(=O)N1)C(C)O)C(C)O)C(N)=O. The third-order valence-electron chi connectivity index (χ3n) is 10.9. The number of hydrogen-bond donors (Lipinski definition) is 13. The summed E-state index contributed by atoms with van der Waals surface area (Å²) >= 11 is 0. The highest BCUT2D eigenvalue weighted by atomic mass is 16.3. The van der Waals surface area contributed by atoms with Crippen molar-refractivity contribution in [3.63, 3.8) is 0 Å². The fourth-order valence-corrected chi connectivity index (χ4v) is 7.41.